The van der Waals surface area contributed by atoms with Crippen molar-refractivity contribution >= 4 is 17.9 Å². The fraction of sp³-hybridized carbons (Fsp3) is 0.840. The molecule has 9 heteroatoms. The zero-order chi connectivity index (χ0) is 74.6. The van der Waals surface area contributed by atoms with E-state index in [1.807, 2.05) is 21.1 Å². The highest BCUT2D eigenvalue weighted by atomic mass is 16.7. The molecule has 0 saturated carbocycles. The van der Waals surface area contributed by atoms with E-state index in [1.165, 1.54) is 353 Å². The molecule has 0 aliphatic carbocycles. The molecule has 9 nitrogen and oxygen atoms in total. The van der Waals surface area contributed by atoms with Gasteiger partial charge in [-0.15, -0.1) is 0 Å². The number of nitrogens with zero attached hydrogens (tertiary/aromatic N) is 1. The third-order valence-electron chi connectivity index (χ3n) is 20.4. The quantitative estimate of drug-likeness (QED) is 0.0195. The van der Waals surface area contributed by atoms with Gasteiger partial charge in [-0.3, -0.25) is 9.59 Å². The summed E-state index contributed by atoms with van der Waals surface area (Å²) in [5, 5.41) is 11.9. The number of carbonyl (C=O) groups excluding carboxylic acids is 3. The fourth-order valence-electron chi connectivity index (χ4n) is 13.6. The first kappa shape index (κ1) is 99.7. The number of aliphatic carboxylic acids is 1. The van der Waals surface area contributed by atoms with Crippen LogP contribution in [0.25, 0.3) is 0 Å². The Morgan fingerprint density at radius 2 is 0.553 bits per heavy atom. The number of hydrogen-bond donors (Lipinski definition) is 0. The van der Waals surface area contributed by atoms with Gasteiger partial charge in [0.05, 0.1) is 40.3 Å². The molecule has 0 amide bonds. The Morgan fingerprint density at radius 3 is 0.835 bits per heavy atom. The van der Waals surface area contributed by atoms with E-state index in [0.29, 0.717) is 17.4 Å². The molecule has 2 atom stereocenters. The van der Waals surface area contributed by atoms with Crippen molar-refractivity contribution < 1.29 is 42.9 Å². The minimum Gasteiger partial charge on any atom is -0.545 e. The monoisotopic (exact) mass is 1440 g/mol. The Balaban J connectivity index is 3.90. The van der Waals surface area contributed by atoms with Crippen molar-refractivity contribution in [3.05, 3.63) is 72.9 Å². The number of carboxylic acid groups (broad SMARTS) is 1. The first-order valence-electron chi connectivity index (χ1n) is 45.1. The van der Waals surface area contributed by atoms with Crippen LogP contribution in [-0.4, -0.2) is 82.3 Å². The second kappa shape index (κ2) is 84.4. The summed E-state index contributed by atoms with van der Waals surface area (Å²) in [5.41, 5.74) is 0. The molecule has 0 heterocycles. The second-order valence-electron chi connectivity index (χ2n) is 31.9. The van der Waals surface area contributed by atoms with Gasteiger partial charge >= 0.3 is 11.9 Å². The predicted octanol–water partition coefficient (Wildman–Crippen LogP) is 28.2. The molecule has 0 bridgehead atoms. The molecule has 602 valence electrons. The Labute approximate surface area is 640 Å². The van der Waals surface area contributed by atoms with Crippen LogP contribution in [0.15, 0.2) is 72.9 Å². The summed E-state index contributed by atoms with van der Waals surface area (Å²) < 4.78 is 22.9. The van der Waals surface area contributed by atoms with Crippen LogP contribution in [0, 0.1) is 0 Å². The molecule has 0 aliphatic rings. The van der Waals surface area contributed by atoms with Gasteiger partial charge in [-0.1, -0.05) is 427 Å². The molecule has 0 rings (SSSR count). The molecule has 2 unspecified atom stereocenters. The van der Waals surface area contributed by atoms with Crippen LogP contribution in [0.2, 0.25) is 0 Å². The zero-order valence-corrected chi connectivity index (χ0v) is 69.2. The van der Waals surface area contributed by atoms with Crippen LogP contribution >= 0.6 is 0 Å². The lowest BCUT2D eigenvalue weighted by Gasteiger charge is -2.26. The number of carbonyl (C=O) groups is 3. The Bertz CT molecular complexity index is 1930. The van der Waals surface area contributed by atoms with Crippen LogP contribution < -0.4 is 5.11 Å². The molecule has 0 radical (unpaired) electrons. The highest BCUT2D eigenvalue weighted by molar-refractivity contribution is 5.70. The molecule has 0 aliphatic heterocycles. The smallest absolute Gasteiger partial charge is 0.306 e. The number of unbranched alkanes of at least 4 members (excludes halogenated alkanes) is 58. The average Bonchev–Trinajstić information content (AvgIpc) is 1.01. The van der Waals surface area contributed by atoms with Crippen molar-refractivity contribution in [2.75, 3.05) is 47.5 Å². The van der Waals surface area contributed by atoms with Gasteiger partial charge in [0.25, 0.3) is 0 Å². The number of esters is 2. The molecular weight excluding hydrogens is 1270 g/mol. The zero-order valence-electron chi connectivity index (χ0n) is 69.2. The summed E-state index contributed by atoms with van der Waals surface area (Å²) in [5.74, 6) is -2.25. The summed E-state index contributed by atoms with van der Waals surface area (Å²) in [6.07, 6.45) is 112. The maximum absolute atomic E-state index is 13.0. The van der Waals surface area contributed by atoms with Crippen molar-refractivity contribution in [2.45, 2.75) is 463 Å². The van der Waals surface area contributed by atoms with Gasteiger partial charge in [0.2, 0.25) is 0 Å². The highest BCUT2D eigenvalue weighted by Crippen LogP contribution is 2.21. The highest BCUT2D eigenvalue weighted by Gasteiger charge is 2.22. The molecule has 0 aromatic carbocycles. The predicted molar refractivity (Wildman–Crippen MR) is 445 cm³/mol. The molecule has 0 fully saturated rings. The van der Waals surface area contributed by atoms with Gasteiger partial charge in [0, 0.05) is 12.8 Å². The maximum atomic E-state index is 13.0. The summed E-state index contributed by atoms with van der Waals surface area (Å²) in [4.78, 5) is 37.7. The average molecular weight is 1450 g/mol. The van der Waals surface area contributed by atoms with E-state index in [-0.39, 0.29) is 32.2 Å². The van der Waals surface area contributed by atoms with E-state index < -0.39 is 24.3 Å². The summed E-state index contributed by atoms with van der Waals surface area (Å²) in [7, 11) is 5.96. The van der Waals surface area contributed by atoms with Gasteiger partial charge in [-0.2, -0.15) is 0 Å². The third kappa shape index (κ3) is 85.9. The van der Waals surface area contributed by atoms with Gasteiger partial charge in [0.1, 0.15) is 13.2 Å². The van der Waals surface area contributed by atoms with Crippen molar-refractivity contribution in [1.82, 2.24) is 0 Å². The van der Waals surface area contributed by atoms with Crippen LogP contribution in [0.3, 0.4) is 0 Å². The van der Waals surface area contributed by atoms with E-state index >= 15 is 0 Å². The Kier molecular flexibility index (Phi) is 81.7. The second-order valence-corrected chi connectivity index (χ2v) is 31.9. The number of hydrogen-bond acceptors (Lipinski definition) is 8. The normalized spacial score (nSPS) is 12.9. The van der Waals surface area contributed by atoms with Crippen LogP contribution in [0.5, 0.6) is 0 Å². The standard InChI is InChI=1S/C94H173NO8/c1-6-8-10-12-14-16-18-20-22-24-26-28-30-32-34-36-38-40-42-44-45-46-47-49-51-53-55-57-59-61-63-65-67-69-71-73-75-77-79-81-83-85-92(97)103-90(89-102-94(93(98)99)100-87-86-95(3,4)5)88-101-91(96)84-82-80-78-76-74-72-70-68-66-64-62-60-58-56-54-52-50-48-43-41-39-37-35-33-31-29-27-25-23-21-19-17-15-13-11-9-7-2/h8,10,14,16,20,22,25-28,32,34,90,94H,6-7,9,11-13,15,17-19,21,23-24,29-31,33,35-89H2,1-5H3/b10-8-,16-14-,22-20-,27-25-,28-26-,34-32-. The van der Waals surface area contributed by atoms with Gasteiger partial charge in [-0.25, -0.2) is 0 Å². The summed E-state index contributed by atoms with van der Waals surface area (Å²) >= 11 is 0. The molecular formula is C94H173NO8. The van der Waals surface area contributed by atoms with E-state index in [4.69, 9.17) is 18.9 Å². The summed E-state index contributed by atoms with van der Waals surface area (Å²) in [6.45, 7) is 4.71. The molecule has 0 aromatic rings. The minimum absolute atomic E-state index is 0.150. The van der Waals surface area contributed by atoms with E-state index in [1.54, 1.807) is 0 Å². The van der Waals surface area contributed by atoms with Crippen molar-refractivity contribution in [3.63, 3.8) is 0 Å². The van der Waals surface area contributed by atoms with Crippen LogP contribution in [0.1, 0.15) is 450 Å². The van der Waals surface area contributed by atoms with E-state index in [2.05, 4.69) is 86.8 Å². The lowest BCUT2D eigenvalue weighted by molar-refractivity contribution is -0.870. The van der Waals surface area contributed by atoms with Crippen LogP contribution in [0.4, 0.5) is 0 Å². The summed E-state index contributed by atoms with van der Waals surface area (Å²) in [6, 6.07) is 0. The molecule has 103 heavy (non-hydrogen) atoms. The lowest BCUT2D eigenvalue weighted by atomic mass is 10.0. The Morgan fingerprint density at radius 1 is 0.301 bits per heavy atom. The number of quaternary nitrogens is 1. The first-order chi connectivity index (χ1) is 50.6. The van der Waals surface area contributed by atoms with Crippen molar-refractivity contribution in [1.29, 1.82) is 0 Å². The first-order valence-corrected chi connectivity index (χ1v) is 45.1. The number of rotatable bonds is 85. The van der Waals surface area contributed by atoms with Crippen LogP contribution in [-0.2, 0) is 33.3 Å². The van der Waals surface area contributed by atoms with E-state index in [0.717, 1.165) is 70.6 Å². The van der Waals surface area contributed by atoms with Gasteiger partial charge in [0.15, 0.2) is 12.4 Å². The molecule has 0 aromatic heterocycles. The molecule has 0 saturated heterocycles. The van der Waals surface area contributed by atoms with Gasteiger partial charge < -0.3 is 33.3 Å². The van der Waals surface area contributed by atoms with Crippen molar-refractivity contribution in [3.8, 4) is 0 Å². The number of ether oxygens (including phenoxy) is 4. The molecule has 0 N–H and O–H groups in total. The number of carboxylic acids is 1. The third-order valence-corrected chi connectivity index (χ3v) is 20.4. The minimum atomic E-state index is -1.62. The Hall–Kier alpha value is -3.27. The topological polar surface area (TPSA) is 111 Å². The fourth-order valence-corrected chi connectivity index (χ4v) is 13.6. The number of likely N-dealkylation sites (N-methyl/N-ethyl adjacent to an activating group) is 1. The largest absolute Gasteiger partial charge is 0.545 e. The lowest BCUT2D eigenvalue weighted by Crippen LogP contribution is -2.44. The van der Waals surface area contributed by atoms with E-state index in [9.17, 15) is 19.5 Å². The maximum Gasteiger partial charge on any atom is 0.306 e. The SMILES string of the molecule is CC/C=C\C/C=C\C/C=C\C/C=C\C/C=C\CCCCCCCCCCCCCCCCCCCCCCCCCCCC(=O)OC(COC(=O)CCCCCCCCCCCCCCCCCCCCCCCCCCC/C=C\CCCCCCCCCC)COC(OCC[N+](C)(C)C)C(=O)[O-]. The van der Waals surface area contributed by atoms with Crippen molar-refractivity contribution in [2.24, 2.45) is 0 Å². The molecule has 0 spiro atoms. The number of allylic oxidation sites excluding steroid dienone is 12. The van der Waals surface area contributed by atoms with Gasteiger partial charge in [-0.05, 0) is 83.5 Å².